The number of amides is 1. The number of hydrogen-bond acceptors (Lipinski definition) is 3. The zero-order valence-electron chi connectivity index (χ0n) is 17.1. The van der Waals surface area contributed by atoms with Gasteiger partial charge in [-0.1, -0.05) is 30.3 Å². The molecule has 5 nitrogen and oxygen atoms in total. The highest BCUT2D eigenvalue weighted by Gasteiger charge is 2.23. The molecule has 0 spiro atoms. The van der Waals surface area contributed by atoms with Gasteiger partial charge in [0, 0.05) is 11.3 Å². The highest BCUT2D eigenvalue weighted by molar-refractivity contribution is 5.96. The standard InChI is InChI=1S/C23H24F2N2O3/c1-15(22(28)26-19-10-9-17-6-4-5-7-18(17)13-19)27(2)14-16-8-11-20(30-23(24)25)21(12-16)29-3/h4-13,15,23H,14H2,1-3H3,(H,26,28)/p+1/t15-/m0/s1. The summed E-state index contributed by atoms with van der Waals surface area (Å²) < 4.78 is 34.6. The molecular weight excluding hydrogens is 390 g/mol. The molecule has 3 aromatic rings. The minimum absolute atomic E-state index is 0.0176. The lowest BCUT2D eigenvalue weighted by Gasteiger charge is -2.22. The number of methoxy groups -OCH3 is 1. The summed E-state index contributed by atoms with van der Waals surface area (Å²) in [6.07, 6.45) is 0. The Morgan fingerprint density at radius 1 is 1.03 bits per heavy atom. The van der Waals surface area contributed by atoms with E-state index >= 15 is 0 Å². The maximum atomic E-state index is 12.7. The van der Waals surface area contributed by atoms with E-state index in [2.05, 4.69) is 10.1 Å². The summed E-state index contributed by atoms with van der Waals surface area (Å²) in [7, 11) is 3.30. The van der Waals surface area contributed by atoms with E-state index in [-0.39, 0.29) is 23.4 Å². The first-order valence-corrected chi connectivity index (χ1v) is 9.61. The molecular formula is C23H25F2N2O3+. The average Bonchev–Trinajstić information content (AvgIpc) is 2.73. The number of ether oxygens (including phenoxy) is 2. The number of carbonyl (C=O) groups is 1. The van der Waals surface area contributed by atoms with Crippen LogP contribution >= 0.6 is 0 Å². The third-order valence-corrected chi connectivity index (χ3v) is 5.08. The summed E-state index contributed by atoms with van der Waals surface area (Å²) in [5.74, 6) is 0.109. The number of quaternary nitrogens is 1. The van der Waals surface area contributed by atoms with Gasteiger partial charge in [0.25, 0.3) is 5.91 Å². The Balaban J connectivity index is 1.65. The van der Waals surface area contributed by atoms with Gasteiger partial charge in [-0.3, -0.25) is 4.79 Å². The molecule has 0 fully saturated rings. The number of benzene rings is 3. The van der Waals surface area contributed by atoms with Crippen LogP contribution in [0.15, 0.2) is 60.7 Å². The normalized spacial score (nSPS) is 13.1. The van der Waals surface area contributed by atoms with Crippen LogP contribution in [0, 0.1) is 0 Å². The Labute approximate surface area is 174 Å². The van der Waals surface area contributed by atoms with Crippen LogP contribution in [0.25, 0.3) is 10.8 Å². The van der Waals surface area contributed by atoms with Crippen LogP contribution in [0.3, 0.4) is 0 Å². The number of alkyl halides is 2. The quantitative estimate of drug-likeness (QED) is 0.592. The zero-order chi connectivity index (χ0) is 21.7. The first-order chi connectivity index (χ1) is 14.4. The molecule has 158 valence electrons. The van der Waals surface area contributed by atoms with Crippen molar-refractivity contribution in [3.05, 3.63) is 66.2 Å². The molecule has 0 aromatic heterocycles. The Hall–Kier alpha value is -3.19. The van der Waals surface area contributed by atoms with Crippen LogP contribution < -0.4 is 19.7 Å². The molecule has 0 radical (unpaired) electrons. The van der Waals surface area contributed by atoms with Crippen molar-refractivity contribution in [3.8, 4) is 11.5 Å². The number of hydrogen-bond donors (Lipinski definition) is 2. The van der Waals surface area contributed by atoms with Gasteiger partial charge in [0.15, 0.2) is 17.5 Å². The summed E-state index contributed by atoms with van der Waals surface area (Å²) in [6, 6.07) is 18.2. The largest absolute Gasteiger partial charge is 0.493 e. The number of carbonyl (C=O) groups excluding carboxylic acids is 1. The predicted octanol–water partition coefficient (Wildman–Crippen LogP) is 3.49. The molecule has 0 bridgehead atoms. The van der Waals surface area contributed by atoms with E-state index in [1.165, 1.54) is 13.2 Å². The van der Waals surface area contributed by atoms with Gasteiger partial charge in [0.05, 0.1) is 14.2 Å². The Kier molecular flexibility index (Phi) is 6.84. The summed E-state index contributed by atoms with van der Waals surface area (Å²) in [5.41, 5.74) is 1.59. The van der Waals surface area contributed by atoms with Gasteiger partial charge in [0.2, 0.25) is 0 Å². The zero-order valence-corrected chi connectivity index (χ0v) is 17.1. The Morgan fingerprint density at radius 3 is 2.47 bits per heavy atom. The lowest BCUT2D eigenvalue weighted by Crippen LogP contribution is -3.12. The molecule has 0 saturated carbocycles. The lowest BCUT2D eigenvalue weighted by atomic mass is 10.1. The molecule has 2 atom stereocenters. The molecule has 0 heterocycles. The number of likely N-dealkylation sites (N-methyl/N-ethyl adjacent to an activating group) is 1. The van der Waals surface area contributed by atoms with Crippen LogP contribution in [0.4, 0.5) is 14.5 Å². The topological polar surface area (TPSA) is 52.0 Å². The minimum atomic E-state index is -2.92. The molecule has 0 aliphatic heterocycles. The molecule has 1 amide bonds. The molecule has 3 rings (SSSR count). The molecule has 1 unspecified atom stereocenters. The van der Waals surface area contributed by atoms with Gasteiger partial charge in [-0.15, -0.1) is 0 Å². The highest BCUT2D eigenvalue weighted by Crippen LogP contribution is 2.29. The van der Waals surface area contributed by atoms with Crippen molar-refractivity contribution in [2.45, 2.75) is 26.1 Å². The monoisotopic (exact) mass is 415 g/mol. The molecule has 0 aliphatic carbocycles. The van der Waals surface area contributed by atoms with E-state index in [9.17, 15) is 13.6 Å². The molecule has 0 aliphatic rings. The van der Waals surface area contributed by atoms with E-state index in [4.69, 9.17) is 4.74 Å². The Bertz CT molecular complexity index is 1030. The second-order valence-corrected chi connectivity index (χ2v) is 7.16. The van der Waals surface area contributed by atoms with Crippen LogP contribution in [0.5, 0.6) is 11.5 Å². The second-order valence-electron chi connectivity index (χ2n) is 7.16. The van der Waals surface area contributed by atoms with E-state index < -0.39 is 6.61 Å². The average molecular weight is 415 g/mol. The SMILES string of the molecule is COc1cc(C[NH+](C)[C@@H](C)C(=O)Nc2ccc3ccccc3c2)ccc1OC(F)F. The first kappa shape index (κ1) is 21.5. The summed E-state index contributed by atoms with van der Waals surface area (Å²) in [6.45, 7) is -0.564. The minimum Gasteiger partial charge on any atom is -0.493 e. The smallest absolute Gasteiger partial charge is 0.387 e. The van der Waals surface area contributed by atoms with Crippen molar-refractivity contribution in [1.82, 2.24) is 0 Å². The first-order valence-electron chi connectivity index (χ1n) is 9.61. The van der Waals surface area contributed by atoms with Gasteiger partial charge < -0.3 is 19.7 Å². The van der Waals surface area contributed by atoms with Crippen molar-refractivity contribution >= 4 is 22.4 Å². The van der Waals surface area contributed by atoms with Crippen molar-refractivity contribution in [2.24, 2.45) is 0 Å². The van der Waals surface area contributed by atoms with Crippen molar-refractivity contribution < 1.29 is 27.9 Å². The fraction of sp³-hybridized carbons (Fsp3) is 0.261. The summed E-state index contributed by atoms with van der Waals surface area (Å²) in [5, 5.41) is 5.13. The molecule has 2 N–H and O–H groups in total. The number of anilines is 1. The Morgan fingerprint density at radius 2 is 1.77 bits per heavy atom. The highest BCUT2D eigenvalue weighted by atomic mass is 19.3. The van der Waals surface area contributed by atoms with Gasteiger partial charge in [-0.05, 0) is 48.0 Å². The predicted molar refractivity (Wildman–Crippen MR) is 112 cm³/mol. The molecule has 7 heteroatoms. The van der Waals surface area contributed by atoms with Crippen molar-refractivity contribution in [3.63, 3.8) is 0 Å². The van der Waals surface area contributed by atoms with E-state index in [0.29, 0.717) is 6.54 Å². The van der Waals surface area contributed by atoms with Crippen molar-refractivity contribution in [1.29, 1.82) is 0 Å². The summed E-state index contributed by atoms with van der Waals surface area (Å²) >= 11 is 0. The number of fused-ring (bicyclic) bond motifs is 1. The van der Waals surface area contributed by atoms with Crippen LogP contribution in [-0.4, -0.2) is 32.7 Å². The third-order valence-electron chi connectivity index (χ3n) is 5.08. The van der Waals surface area contributed by atoms with Gasteiger partial charge in [0.1, 0.15) is 6.54 Å². The van der Waals surface area contributed by atoms with Gasteiger partial charge >= 0.3 is 6.61 Å². The van der Waals surface area contributed by atoms with E-state index in [1.54, 1.807) is 12.1 Å². The molecule has 30 heavy (non-hydrogen) atoms. The fourth-order valence-corrected chi connectivity index (χ4v) is 3.23. The number of nitrogens with one attached hydrogen (secondary N) is 2. The van der Waals surface area contributed by atoms with E-state index in [0.717, 1.165) is 26.9 Å². The van der Waals surface area contributed by atoms with Gasteiger partial charge in [-0.2, -0.15) is 8.78 Å². The van der Waals surface area contributed by atoms with Crippen molar-refractivity contribution in [2.75, 3.05) is 19.5 Å². The van der Waals surface area contributed by atoms with Gasteiger partial charge in [-0.25, -0.2) is 0 Å². The van der Waals surface area contributed by atoms with Crippen LogP contribution in [0.2, 0.25) is 0 Å². The summed E-state index contributed by atoms with van der Waals surface area (Å²) in [4.78, 5) is 13.7. The molecule has 0 saturated heterocycles. The lowest BCUT2D eigenvalue weighted by molar-refractivity contribution is -0.907. The van der Waals surface area contributed by atoms with Crippen LogP contribution in [0.1, 0.15) is 12.5 Å². The fourth-order valence-electron chi connectivity index (χ4n) is 3.23. The maximum Gasteiger partial charge on any atom is 0.387 e. The third kappa shape index (κ3) is 5.24. The molecule has 3 aromatic carbocycles. The van der Waals surface area contributed by atoms with Crippen LogP contribution in [-0.2, 0) is 11.3 Å². The number of rotatable bonds is 8. The maximum absolute atomic E-state index is 12.7. The number of halogens is 2. The second kappa shape index (κ2) is 9.54. The van der Waals surface area contributed by atoms with E-state index in [1.807, 2.05) is 56.4 Å².